The standard InChI is InChI=1S/C25H27ClFN5O3/c1-25(2,3)35-24(34)32-19-7-6-15(9-19)21(32)23(33)31-18(11-28)8-14-4-5-16(10-20(14)27)22-29-12-17(26)13-30-22/h4-5,10,12-13,15,18-19,21H,6-9H2,1-3H3,(H,31,33)/t15-,18?,19+,21-/m0/s1. The topological polar surface area (TPSA) is 108 Å². The van der Waals surface area contributed by atoms with Crippen LogP contribution < -0.4 is 5.32 Å². The summed E-state index contributed by atoms with van der Waals surface area (Å²) in [5, 5.41) is 12.8. The summed E-state index contributed by atoms with van der Waals surface area (Å²) in [4.78, 5) is 35.7. The van der Waals surface area contributed by atoms with E-state index in [4.69, 9.17) is 16.3 Å². The third-order valence-corrected chi connectivity index (χ3v) is 6.48. The molecule has 35 heavy (non-hydrogen) atoms. The summed E-state index contributed by atoms with van der Waals surface area (Å²) in [6.07, 6.45) is 4.69. The molecule has 1 aliphatic heterocycles. The number of fused-ring (bicyclic) bond motifs is 2. The van der Waals surface area contributed by atoms with Crippen LogP contribution in [0.15, 0.2) is 30.6 Å². The summed E-state index contributed by atoms with van der Waals surface area (Å²) in [6.45, 7) is 5.33. The van der Waals surface area contributed by atoms with Gasteiger partial charge in [0.1, 0.15) is 23.5 Å². The van der Waals surface area contributed by atoms with Gasteiger partial charge in [0, 0.05) is 30.4 Å². The Bertz CT molecular complexity index is 1160. The van der Waals surface area contributed by atoms with E-state index in [1.807, 2.05) is 6.07 Å². The highest BCUT2D eigenvalue weighted by atomic mass is 35.5. The molecule has 1 saturated heterocycles. The Morgan fingerprint density at radius 2 is 2.03 bits per heavy atom. The molecule has 2 fully saturated rings. The maximum atomic E-state index is 14.8. The van der Waals surface area contributed by atoms with Crippen molar-refractivity contribution < 1.29 is 18.7 Å². The van der Waals surface area contributed by atoms with Crippen molar-refractivity contribution in [2.24, 2.45) is 5.92 Å². The van der Waals surface area contributed by atoms with Gasteiger partial charge in [0.2, 0.25) is 5.91 Å². The van der Waals surface area contributed by atoms with Crippen molar-refractivity contribution >= 4 is 23.6 Å². The molecule has 0 spiro atoms. The van der Waals surface area contributed by atoms with Crippen LogP contribution >= 0.6 is 11.6 Å². The second kappa shape index (κ2) is 9.78. The van der Waals surface area contributed by atoms with Crippen molar-refractivity contribution in [3.05, 3.63) is 47.0 Å². The quantitative estimate of drug-likeness (QED) is 0.658. The molecule has 2 aliphatic rings. The zero-order chi connectivity index (χ0) is 25.3. The van der Waals surface area contributed by atoms with Gasteiger partial charge >= 0.3 is 6.09 Å². The Balaban J connectivity index is 1.45. The molecule has 1 aromatic carbocycles. The number of carbonyl (C=O) groups excluding carboxylic acids is 2. The first-order valence-electron chi connectivity index (χ1n) is 11.5. The van der Waals surface area contributed by atoms with Gasteiger partial charge in [0.15, 0.2) is 5.82 Å². The lowest BCUT2D eigenvalue weighted by molar-refractivity contribution is -0.128. The fraction of sp³-hybridized carbons (Fsp3) is 0.480. The van der Waals surface area contributed by atoms with Crippen molar-refractivity contribution in [3.63, 3.8) is 0 Å². The summed E-state index contributed by atoms with van der Waals surface area (Å²) in [7, 11) is 0. The number of likely N-dealkylation sites (tertiary alicyclic amines) is 1. The minimum atomic E-state index is -0.964. The predicted molar refractivity (Wildman–Crippen MR) is 127 cm³/mol. The smallest absolute Gasteiger partial charge is 0.411 e. The number of benzene rings is 1. The number of halogens is 2. The van der Waals surface area contributed by atoms with Crippen LogP contribution in [0.2, 0.25) is 5.02 Å². The van der Waals surface area contributed by atoms with E-state index in [1.54, 1.807) is 32.9 Å². The number of nitrogens with one attached hydrogen (secondary N) is 1. The number of nitrogens with zero attached hydrogens (tertiary/aromatic N) is 4. The first-order chi connectivity index (χ1) is 16.6. The second-order valence-corrected chi connectivity index (χ2v) is 10.4. The minimum absolute atomic E-state index is 0.0160. The number of rotatable bonds is 5. The van der Waals surface area contributed by atoms with E-state index in [0.29, 0.717) is 16.4 Å². The van der Waals surface area contributed by atoms with Gasteiger partial charge in [-0.05, 0) is 57.6 Å². The minimum Gasteiger partial charge on any atom is -0.444 e. The monoisotopic (exact) mass is 499 g/mol. The Morgan fingerprint density at radius 3 is 2.66 bits per heavy atom. The Labute approximate surface area is 208 Å². The van der Waals surface area contributed by atoms with E-state index >= 15 is 0 Å². The van der Waals surface area contributed by atoms with Crippen LogP contribution in [0.25, 0.3) is 11.4 Å². The van der Waals surface area contributed by atoms with Gasteiger partial charge in [-0.15, -0.1) is 0 Å². The molecule has 10 heteroatoms. The average molecular weight is 500 g/mol. The lowest BCUT2D eigenvalue weighted by Gasteiger charge is -2.35. The molecule has 184 valence electrons. The summed E-state index contributed by atoms with van der Waals surface area (Å²) >= 11 is 5.80. The molecule has 2 bridgehead atoms. The first-order valence-corrected chi connectivity index (χ1v) is 11.9. The molecular formula is C25H27ClFN5O3. The van der Waals surface area contributed by atoms with E-state index in [0.717, 1.165) is 19.3 Å². The molecule has 2 amide bonds. The number of hydrogen-bond acceptors (Lipinski definition) is 6. The molecule has 1 aliphatic carbocycles. The number of aromatic nitrogens is 2. The van der Waals surface area contributed by atoms with Crippen LogP contribution in [0.5, 0.6) is 0 Å². The van der Waals surface area contributed by atoms with E-state index in [9.17, 15) is 19.2 Å². The third kappa shape index (κ3) is 5.54. The second-order valence-electron chi connectivity index (χ2n) is 9.98. The molecule has 1 unspecified atom stereocenters. The molecule has 1 aromatic heterocycles. The summed E-state index contributed by atoms with van der Waals surface area (Å²) in [5.74, 6) is -0.613. The summed E-state index contributed by atoms with van der Waals surface area (Å²) in [6, 6.07) is 4.81. The van der Waals surface area contributed by atoms with E-state index in [-0.39, 0.29) is 23.9 Å². The maximum Gasteiger partial charge on any atom is 0.411 e. The van der Waals surface area contributed by atoms with E-state index < -0.39 is 35.5 Å². The normalized spacial score (nSPS) is 21.9. The molecule has 2 heterocycles. The van der Waals surface area contributed by atoms with Crippen molar-refractivity contribution in [2.75, 3.05) is 0 Å². The fourth-order valence-electron chi connectivity index (χ4n) is 4.82. The van der Waals surface area contributed by atoms with Crippen LogP contribution in [0, 0.1) is 23.1 Å². The molecule has 8 nitrogen and oxygen atoms in total. The number of amides is 2. The van der Waals surface area contributed by atoms with Crippen LogP contribution in [0.4, 0.5) is 9.18 Å². The van der Waals surface area contributed by atoms with E-state index in [2.05, 4.69) is 15.3 Å². The van der Waals surface area contributed by atoms with E-state index in [1.165, 1.54) is 23.4 Å². The Kier molecular flexibility index (Phi) is 6.95. The van der Waals surface area contributed by atoms with Gasteiger partial charge in [-0.25, -0.2) is 19.2 Å². The van der Waals surface area contributed by atoms with Crippen LogP contribution in [-0.2, 0) is 16.0 Å². The van der Waals surface area contributed by atoms with Crippen molar-refractivity contribution in [1.82, 2.24) is 20.2 Å². The molecule has 1 saturated carbocycles. The highest BCUT2D eigenvalue weighted by molar-refractivity contribution is 6.30. The molecule has 4 rings (SSSR count). The van der Waals surface area contributed by atoms with Crippen LogP contribution in [0.1, 0.15) is 45.6 Å². The Hall–Kier alpha value is -3.25. The number of nitriles is 1. The van der Waals surface area contributed by atoms with Gasteiger partial charge < -0.3 is 10.1 Å². The SMILES string of the molecule is CC(C)(C)OC(=O)N1[C@@H]2CC[C@@H](C2)[C@H]1C(=O)NC(C#N)Cc1ccc(-c2ncc(Cl)cn2)cc1F. The molecule has 1 N–H and O–H groups in total. The lowest BCUT2D eigenvalue weighted by Crippen LogP contribution is -2.55. The molecule has 4 atom stereocenters. The zero-order valence-corrected chi connectivity index (χ0v) is 20.6. The largest absolute Gasteiger partial charge is 0.444 e. The highest BCUT2D eigenvalue weighted by Crippen LogP contribution is 2.43. The van der Waals surface area contributed by atoms with Gasteiger partial charge in [-0.1, -0.05) is 23.7 Å². The highest BCUT2D eigenvalue weighted by Gasteiger charge is 2.52. The summed E-state index contributed by atoms with van der Waals surface area (Å²) in [5.41, 5.74) is 0.0533. The number of piperidine rings is 1. The summed E-state index contributed by atoms with van der Waals surface area (Å²) < 4.78 is 20.4. The van der Waals surface area contributed by atoms with Crippen LogP contribution in [0.3, 0.4) is 0 Å². The maximum absolute atomic E-state index is 14.8. The molecule has 0 radical (unpaired) electrons. The van der Waals surface area contributed by atoms with Gasteiger partial charge in [-0.2, -0.15) is 5.26 Å². The molecular weight excluding hydrogens is 473 g/mol. The number of carbonyl (C=O) groups is 2. The van der Waals surface area contributed by atoms with Gasteiger partial charge in [-0.3, -0.25) is 9.69 Å². The lowest BCUT2D eigenvalue weighted by atomic mass is 9.97. The van der Waals surface area contributed by atoms with Crippen molar-refractivity contribution in [2.45, 2.75) is 70.2 Å². The van der Waals surface area contributed by atoms with Gasteiger partial charge in [0.05, 0.1) is 11.1 Å². The third-order valence-electron chi connectivity index (χ3n) is 6.29. The average Bonchev–Trinajstić information content (AvgIpc) is 3.41. The Morgan fingerprint density at radius 1 is 1.31 bits per heavy atom. The first kappa shape index (κ1) is 24.9. The predicted octanol–water partition coefficient (Wildman–Crippen LogP) is 4.27. The van der Waals surface area contributed by atoms with Crippen molar-refractivity contribution in [1.29, 1.82) is 5.26 Å². The molecule has 2 aromatic rings. The fourth-order valence-corrected chi connectivity index (χ4v) is 4.92. The number of ether oxygens (including phenoxy) is 1. The van der Waals surface area contributed by atoms with Gasteiger partial charge in [0.25, 0.3) is 0 Å². The zero-order valence-electron chi connectivity index (χ0n) is 19.8. The van der Waals surface area contributed by atoms with Crippen LogP contribution in [-0.4, -0.2) is 50.6 Å². The van der Waals surface area contributed by atoms with Crippen molar-refractivity contribution in [3.8, 4) is 17.5 Å². The number of hydrogen-bond donors (Lipinski definition) is 1.